The van der Waals surface area contributed by atoms with Gasteiger partial charge in [-0.05, 0) is 19.5 Å². The number of benzene rings is 2. The van der Waals surface area contributed by atoms with Gasteiger partial charge in [-0.1, -0.05) is 24.3 Å². The highest BCUT2D eigenvalue weighted by Crippen LogP contribution is 2.41. The van der Waals surface area contributed by atoms with Crippen LogP contribution >= 0.6 is 36.4 Å². The number of phenolic OH excluding ortho intramolecular Hbond substituents is 1. The molecule has 4 rings (SSSR count). The Bertz CT molecular complexity index is 991. The first-order valence-corrected chi connectivity index (χ1v) is 10.7. The number of carbonyl (C=O) groups excluding carboxylic acids is 2. The fourth-order valence-electron chi connectivity index (χ4n) is 4.05. The Morgan fingerprint density at radius 3 is 2.19 bits per heavy atom. The lowest BCUT2D eigenvalue weighted by Crippen LogP contribution is -2.44. The molecular weight excluding hydrogens is 475 g/mol. The van der Waals surface area contributed by atoms with Crippen molar-refractivity contribution < 1.29 is 19.4 Å². The fourth-order valence-corrected chi connectivity index (χ4v) is 4.26. The first-order chi connectivity index (χ1) is 14.5. The van der Waals surface area contributed by atoms with Crippen molar-refractivity contribution in [2.45, 2.75) is 12.3 Å². The lowest BCUT2D eigenvalue weighted by molar-refractivity contribution is 0.0972. The van der Waals surface area contributed by atoms with Crippen molar-refractivity contribution in [2.75, 3.05) is 46.4 Å². The Morgan fingerprint density at radius 1 is 1.00 bits per heavy atom. The van der Waals surface area contributed by atoms with Crippen LogP contribution in [0.25, 0.3) is 0 Å². The van der Waals surface area contributed by atoms with Crippen LogP contribution < -0.4 is 4.74 Å². The van der Waals surface area contributed by atoms with Gasteiger partial charge in [-0.2, -0.15) is 0 Å². The van der Waals surface area contributed by atoms with Crippen LogP contribution in [-0.4, -0.2) is 72.9 Å². The van der Waals surface area contributed by atoms with E-state index < -0.39 is 0 Å². The summed E-state index contributed by atoms with van der Waals surface area (Å²) in [6.45, 7) is 5.50. The number of nitrogens with zero attached hydrogens (tertiary/aromatic N) is 2. The van der Waals surface area contributed by atoms with Crippen LogP contribution in [0.15, 0.2) is 30.3 Å². The Balaban J connectivity index is 0.00000181. The van der Waals surface area contributed by atoms with Crippen LogP contribution in [0.2, 0.25) is 0 Å². The van der Waals surface area contributed by atoms with Crippen molar-refractivity contribution in [3.63, 3.8) is 0 Å². The molecule has 0 aromatic heterocycles. The standard InChI is InChI=1S/C23H25ClN2O4.2ClH/c1-25-8-10-26(11-9-25)7-4-12-30-18-13-15(14-24)21(27)20-19(18)22(28)16-5-2-3-6-17(16)23(20)29;;/h2-3,5-6,13,27H,4,7-12,14H2,1H3;2*1H. The number of rotatable bonds is 6. The third-order valence-corrected chi connectivity index (χ3v) is 6.12. The molecular formula is C23H27Cl3N2O4. The van der Waals surface area contributed by atoms with Crippen molar-refractivity contribution in [3.8, 4) is 11.5 Å². The molecule has 0 saturated carbocycles. The predicted molar refractivity (Wildman–Crippen MR) is 130 cm³/mol. The van der Waals surface area contributed by atoms with Crippen LogP contribution in [0.1, 0.15) is 43.8 Å². The summed E-state index contributed by atoms with van der Waals surface area (Å²) in [4.78, 5) is 30.9. The molecule has 0 amide bonds. The molecule has 2 aromatic rings. The molecule has 6 nitrogen and oxygen atoms in total. The number of hydrogen-bond donors (Lipinski definition) is 1. The second-order valence-corrected chi connectivity index (χ2v) is 8.08. The molecule has 0 spiro atoms. The van der Waals surface area contributed by atoms with Gasteiger partial charge in [-0.25, -0.2) is 0 Å². The molecule has 0 unspecified atom stereocenters. The van der Waals surface area contributed by atoms with Gasteiger partial charge >= 0.3 is 0 Å². The van der Waals surface area contributed by atoms with E-state index in [1.165, 1.54) is 0 Å². The average molecular weight is 502 g/mol. The first kappa shape index (κ1) is 26.4. The summed E-state index contributed by atoms with van der Waals surface area (Å²) < 4.78 is 5.97. The van der Waals surface area contributed by atoms with E-state index in [9.17, 15) is 14.7 Å². The van der Waals surface area contributed by atoms with Gasteiger partial charge in [0, 0.05) is 49.4 Å². The maximum absolute atomic E-state index is 13.1. The number of ether oxygens (including phenoxy) is 1. The van der Waals surface area contributed by atoms with E-state index in [4.69, 9.17) is 16.3 Å². The SMILES string of the molecule is CN1CCN(CCCOc2cc(CCl)c(O)c3c2C(=O)c2ccccc2C3=O)CC1.Cl.Cl. The number of hydrogen-bond acceptors (Lipinski definition) is 6. The van der Waals surface area contributed by atoms with Gasteiger partial charge in [0.25, 0.3) is 0 Å². The van der Waals surface area contributed by atoms with E-state index in [0.29, 0.717) is 23.5 Å². The van der Waals surface area contributed by atoms with Gasteiger partial charge in [0.15, 0.2) is 11.6 Å². The van der Waals surface area contributed by atoms with Gasteiger partial charge < -0.3 is 19.6 Å². The van der Waals surface area contributed by atoms with E-state index >= 15 is 0 Å². The lowest BCUT2D eigenvalue weighted by atomic mass is 9.82. The molecule has 1 saturated heterocycles. The summed E-state index contributed by atoms with van der Waals surface area (Å²) in [5.74, 6) is -0.611. The van der Waals surface area contributed by atoms with Gasteiger partial charge in [-0.3, -0.25) is 9.59 Å². The number of aromatic hydroxyl groups is 1. The Labute approximate surface area is 205 Å². The maximum atomic E-state index is 13.1. The molecule has 0 radical (unpaired) electrons. The summed E-state index contributed by atoms with van der Waals surface area (Å²) in [5.41, 5.74) is 1.12. The van der Waals surface area contributed by atoms with Crippen molar-refractivity contribution in [3.05, 3.63) is 58.1 Å². The van der Waals surface area contributed by atoms with Crippen molar-refractivity contribution in [1.82, 2.24) is 9.80 Å². The smallest absolute Gasteiger partial charge is 0.198 e. The van der Waals surface area contributed by atoms with Crippen LogP contribution in [0.5, 0.6) is 11.5 Å². The number of ketones is 2. The van der Waals surface area contributed by atoms with Gasteiger partial charge in [0.05, 0.1) is 23.6 Å². The zero-order chi connectivity index (χ0) is 21.3. The number of alkyl halides is 1. The highest BCUT2D eigenvalue weighted by molar-refractivity contribution is 6.30. The zero-order valence-electron chi connectivity index (χ0n) is 17.8. The molecule has 1 fully saturated rings. The van der Waals surface area contributed by atoms with Gasteiger partial charge in [0.1, 0.15) is 11.5 Å². The number of piperazine rings is 1. The number of halogens is 3. The van der Waals surface area contributed by atoms with Crippen LogP contribution in [0.4, 0.5) is 0 Å². The third-order valence-electron chi connectivity index (χ3n) is 5.83. The first-order valence-electron chi connectivity index (χ1n) is 10.2. The average Bonchev–Trinajstić information content (AvgIpc) is 2.76. The Kier molecular flexibility index (Phi) is 9.37. The zero-order valence-corrected chi connectivity index (χ0v) is 20.2. The number of fused-ring (bicyclic) bond motifs is 2. The topological polar surface area (TPSA) is 70.1 Å². The van der Waals surface area contributed by atoms with Crippen molar-refractivity contribution >= 4 is 48.0 Å². The minimum Gasteiger partial charge on any atom is -0.507 e. The maximum Gasteiger partial charge on any atom is 0.198 e. The molecule has 1 aliphatic heterocycles. The van der Waals surface area contributed by atoms with E-state index in [1.54, 1.807) is 30.3 Å². The molecule has 1 heterocycles. The molecule has 0 bridgehead atoms. The Hall–Kier alpha value is -1.83. The number of likely N-dealkylation sites (N-methyl/N-ethyl adjacent to an activating group) is 1. The molecule has 2 aromatic carbocycles. The molecule has 1 N–H and O–H groups in total. The molecule has 174 valence electrons. The molecule has 32 heavy (non-hydrogen) atoms. The minimum atomic E-state index is -0.382. The normalized spacial score (nSPS) is 15.9. The summed E-state index contributed by atoms with van der Waals surface area (Å²) in [5, 5.41) is 10.6. The van der Waals surface area contributed by atoms with Gasteiger partial charge in [0.2, 0.25) is 0 Å². The second-order valence-electron chi connectivity index (χ2n) is 7.82. The van der Waals surface area contributed by atoms with Gasteiger partial charge in [-0.15, -0.1) is 36.4 Å². The summed E-state index contributed by atoms with van der Waals surface area (Å²) in [6, 6.07) is 8.23. The van der Waals surface area contributed by atoms with E-state index in [0.717, 1.165) is 39.1 Å². The molecule has 0 atom stereocenters. The number of carbonyl (C=O) groups is 2. The summed E-state index contributed by atoms with van der Waals surface area (Å²) in [6.07, 6.45) is 0.800. The van der Waals surface area contributed by atoms with Crippen molar-refractivity contribution in [2.24, 2.45) is 0 Å². The summed E-state index contributed by atoms with van der Waals surface area (Å²) in [7, 11) is 2.12. The molecule has 9 heteroatoms. The van der Waals surface area contributed by atoms with Crippen LogP contribution in [0, 0.1) is 0 Å². The highest BCUT2D eigenvalue weighted by atomic mass is 35.5. The molecule has 2 aliphatic rings. The minimum absolute atomic E-state index is 0. The number of phenols is 1. The Morgan fingerprint density at radius 2 is 1.59 bits per heavy atom. The quantitative estimate of drug-likeness (QED) is 0.410. The van der Waals surface area contributed by atoms with Crippen molar-refractivity contribution in [1.29, 1.82) is 0 Å². The molecule has 1 aliphatic carbocycles. The largest absolute Gasteiger partial charge is 0.507 e. The lowest BCUT2D eigenvalue weighted by Gasteiger charge is -2.32. The van der Waals surface area contributed by atoms with Crippen LogP contribution in [-0.2, 0) is 5.88 Å². The fraction of sp³-hybridized carbons (Fsp3) is 0.391. The van der Waals surface area contributed by atoms with E-state index in [-0.39, 0.29) is 64.7 Å². The van der Waals surface area contributed by atoms with E-state index in [2.05, 4.69) is 16.8 Å². The monoisotopic (exact) mass is 500 g/mol. The summed E-state index contributed by atoms with van der Waals surface area (Å²) >= 11 is 5.98. The van der Waals surface area contributed by atoms with Crippen LogP contribution in [0.3, 0.4) is 0 Å². The second kappa shape index (κ2) is 11.3. The van der Waals surface area contributed by atoms with E-state index in [1.807, 2.05) is 0 Å². The highest BCUT2D eigenvalue weighted by Gasteiger charge is 2.35. The third kappa shape index (κ3) is 5.05. The predicted octanol–water partition coefficient (Wildman–Crippen LogP) is 3.77.